The molecule has 28 heavy (non-hydrogen) atoms. The van der Waals surface area contributed by atoms with Gasteiger partial charge in [-0.2, -0.15) is 0 Å². The Morgan fingerprint density at radius 1 is 0.679 bits per heavy atom. The van der Waals surface area contributed by atoms with E-state index in [0.717, 1.165) is 0 Å². The van der Waals surface area contributed by atoms with Gasteiger partial charge in [0.15, 0.2) is 0 Å². The molecule has 0 fully saturated rings. The fourth-order valence-corrected chi connectivity index (χ4v) is 1.80. The molecule has 0 aliphatic rings. The van der Waals surface area contributed by atoms with Gasteiger partial charge >= 0.3 is 0 Å². The van der Waals surface area contributed by atoms with Crippen molar-refractivity contribution in [1.82, 2.24) is 10.6 Å². The van der Waals surface area contributed by atoms with Crippen molar-refractivity contribution in [3.8, 4) is 0 Å². The van der Waals surface area contributed by atoms with Gasteiger partial charge in [-0.3, -0.25) is 9.59 Å². The third-order valence-electron chi connectivity index (χ3n) is 3.32. The maximum Gasteiger partial charge on any atom is 0.246 e. The molecular weight excluding hydrogens is 368 g/mol. The predicted molar refractivity (Wildman–Crippen MR) is 105 cm³/mol. The molecule has 0 aliphatic heterocycles. The number of carbonyl (C=O) groups is 2. The van der Waals surface area contributed by atoms with Gasteiger partial charge in [-0.05, 0) is 5.92 Å². The second-order valence-electron chi connectivity index (χ2n) is 6.40. The summed E-state index contributed by atoms with van der Waals surface area (Å²) in [4.78, 5) is 22.4. The third-order valence-corrected chi connectivity index (χ3v) is 3.32. The summed E-state index contributed by atoms with van der Waals surface area (Å²) in [7, 11) is 0. The van der Waals surface area contributed by atoms with E-state index in [9.17, 15) is 9.59 Å². The van der Waals surface area contributed by atoms with Gasteiger partial charge in [0.05, 0.1) is 59.5 Å². The van der Waals surface area contributed by atoms with E-state index in [1.165, 1.54) is 0 Å². The van der Waals surface area contributed by atoms with Gasteiger partial charge in [0.1, 0.15) is 6.61 Å². The fourth-order valence-electron chi connectivity index (χ4n) is 1.80. The van der Waals surface area contributed by atoms with Crippen LogP contribution in [0.15, 0.2) is 0 Å². The fraction of sp³-hybridized carbons (Fsp3) is 0.895. The molecule has 166 valence electrons. The van der Waals surface area contributed by atoms with E-state index >= 15 is 0 Å². The molecule has 0 unspecified atom stereocenters. The molecule has 0 saturated heterocycles. The Hall–Kier alpha value is -1.26. The first kappa shape index (κ1) is 26.7. The molecule has 0 bridgehead atoms. The Bertz CT molecular complexity index is 381. The smallest absolute Gasteiger partial charge is 0.246 e. The standard InChI is InChI=1S/C19H38N2O7/c1-4-18(22)20-5-6-24-7-8-25-9-10-26-11-12-27-13-14-28-16-19(23)21-15-17(2)3/h17H,4-16H2,1-3H3,(H,20,22)(H,21,23). The summed E-state index contributed by atoms with van der Waals surface area (Å²) in [6, 6.07) is 0. The van der Waals surface area contributed by atoms with Crippen molar-refractivity contribution in [1.29, 1.82) is 0 Å². The molecule has 9 nitrogen and oxygen atoms in total. The summed E-state index contributed by atoms with van der Waals surface area (Å²) < 4.78 is 26.6. The number of nitrogens with one attached hydrogen (secondary N) is 2. The van der Waals surface area contributed by atoms with Crippen LogP contribution in [-0.2, 0) is 33.3 Å². The maximum absolute atomic E-state index is 11.4. The lowest BCUT2D eigenvalue weighted by Gasteiger charge is -2.09. The highest BCUT2D eigenvalue weighted by Gasteiger charge is 2.02. The van der Waals surface area contributed by atoms with Gasteiger partial charge in [0.25, 0.3) is 0 Å². The van der Waals surface area contributed by atoms with E-state index < -0.39 is 0 Å². The van der Waals surface area contributed by atoms with Crippen LogP contribution < -0.4 is 10.6 Å². The Morgan fingerprint density at radius 3 is 1.61 bits per heavy atom. The van der Waals surface area contributed by atoms with Crippen molar-refractivity contribution in [3.63, 3.8) is 0 Å². The summed E-state index contributed by atoms with van der Waals surface area (Å²) in [5.74, 6) is 0.348. The van der Waals surface area contributed by atoms with Gasteiger partial charge in [0, 0.05) is 19.5 Å². The molecule has 9 heteroatoms. The van der Waals surface area contributed by atoms with Crippen LogP contribution >= 0.6 is 0 Å². The Kier molecular flexibility index (Phi) is 19.6. The molecule has 0 aromatic carbocycles. The second-order valence-corrected chi connectivity index (χ2v) is 6.40. The molecular formula is C19H38N2O7. The molecule has 0 radical (unpaired) electrons. The molecule has 0 spiro atoms. The van der Waals surface area contributed by atoms with E-state index in [2.05, 4.69) is 10.6 Å². The Morgan fingerprint density at radius 2 is 1.14 bits per heavy atom. The lowest BCUT2D eigenvalue weighted by molar-refractivity contribution is -0.126. The second kappa shape index (κ2) is 20.5. The highest BCUT2D eigenvalue weighted by molar-refractivity contribution is 5.77. The lowest BCUT2D eigenvalue weighted by atomic mass is 10.2. The normalized spacial score (nSPS) is 11.0. The number of hydrogen-bond acceptors (Lipinski definition) is 7. The zero-order valence-electron chi connectivity index (χ0n) is 17.6. The van der Waals surface area contributed by atoms with Crippen molar-refractivity contribution in [3.05, 3.63) is 0 Å². The summed E-state index contributed by atoms with van der Waals surface area (Å²) in [5.41, 5.74) is 0. The van der Waals surface area contributed by atoms with E-state index in [-0.39, 0.29) is 18.4 Å². The van der Waals surface area contributed by atoms with Crippen molar-refractivity contribution in [2.45, 2.75) is 27.2 Å². The zero-order valence-corrected chi connectivity index (χ0v) is 17.6. The summed E-state index contributed by atoms with van der Waals surface area (Å²) >= 11 is 0. The van der Waals surface area contributed by atoms with E-state index in [4.69, 9.17) is 23.7 Å². The summed E-state index contributed by atoms with van der Waals surface area (Å²) in [6.07, 6.45) is 0.485. The van der Waals surface area contributed by atoms with Crippen LogP contribution in [0.1, 0.15) is 27.2 Å². The minimum atomic E-state index is -0.106. The average Bonchev–Trinajstić information content (AvgIpc) is 2.68. The first-order valence-corrected chi connectivity index (χ1v) is 9.98. The molecule has 0 aromatic rings. The Balaban J connectivity index is 3.12. The van der Waals surface area contributed by atoms with Gasteiger partial charge in [-0.1, -0.05) is 20.8 Å². The molecule has 0 aromatic heterocycles. The van der Waals surface area contributed by atoms with Crippen LogP contribution in [0.5, 0.6) is 0 Å². The van der Waals surface area contributed by atoms with Gasteiger partial charge in [-0.15, -0.1) is 0 Å². The number of amides is 2. The van der Waals surface area contributed by atoms with Gasteiger partial charge in [-0.25, -0.2) is 0 Å². The monoisotopic (exact) mass is 406 g/mol. The molecule has 2 amide bonds. The molecule has 0 saturated carbocycles. The summed E-state index contributed by atoms with van der Waals surface area (Å²) in [6.45, 7) is 11.3. The number of ether oxygens (including phenoxy) is 5. The predicted octanol–water partition coefficient (Wildman–Crippen LogP) is 0.368. The quantitative estimate of drug-likeness (QED) is 0.282. The van der Waals surface area contributed by atoms with E-state index in [1.54, 1.807) is 0 Å². The number of carbonyl (C=O) groups excluding carboxylic acids is 2. The Labute approximate surface area is 168 Å². The maximum atomic E-state index is 11.4. The molecule has 0 atom stereocenters. The van der Waals surface area contributed by atoms with Crippen molar-refractivity contribution in [2.75, 3.05) is 79.2 Å². The van der Waals surface area contributed by atoms with Gasteiger partial charge in [0.2, 0.25) is 11.8 Å². The highest BCUT2D eigenvalue weighted by atomic mass is 16.6. The van der Waals surface area contributed by atoms with Crippen molar-refractivity contribution in [2.24, 2.45) is 5.92 Å². The molecule has 0 heterocycles. The first-order chi connectivity index (χ1) is 13.6. The van der Waals surface area contributed by atoms with Gasteiger partial charge < -0.3 is 34.3 Å². The first-order valence-electron chi connectivity index (χ1n) is 9.98. The highest BCUT2D eigenvalue weighted by Crippen LogP contribution is 1.87. The minimum Gasteiger partial charge on any atom is -0.377 e. The third kappa shape index (κ3) is 21.0. The summed E-state index contributed by atoms with van der Waals surface area (Å²) in [5, 5.41) is 5.51. The lowest BCUT2D eigenvalue weighted by Crippen LogP contribution is -2.31. The largest absolute Gasteiger partial charge is 0.377 e. The molecule has 0 rings (SSSR count). The van der Waals surface area contributed by atoms with E-state index in [1.807, 2.05) is 20.8 Å². The molecule has 2 N–H and O–H groups in total. The van der Waals surface area contributed by atoms with Crippen LogP contribution in [0.3, 0.4) is 0 Å². The SMILES string of the molecule is CCC(=O)NCCOCCOCCOCCOCCOCC(=O)NCC(C)C. The van der Waals surface area contributed by atoms with Crippen LogP contribution in [-0.4, -0.2) is 91.0 Å². The number of rotatable bonds is 20. The minimum absolute atomic E-state index is 0.0259. The van der Waals surface area contributed by atoms with Crippen LogP contribution in [0.4, 0.5) is 0 Å². The van der Waals surface area contributed by atoms with Crippen molar-refractivity contribution < 1.29 is 33.3 Å². The van der Waals surface area contributed by atoms with Crippen LogP contribution in [0, 0.1) is 5.92 Å². The average molecular weight is 407 g/mol. The zero-order chi connectivity index (χ0) is 20.9. The topological polar surface area (TPSA) is 104 Å². The van der Waals surface area contributed by atoms with Crippen molar-refractivity contribution >= 4 is 11.8 Å². The molecule has 0 aliphatic carbocycles. The van der Waals surface area contributed by atoms with Crippen LogP contribution in [0.25, 0.3) is 0 Å². The number of hydrogen-bond donors (Lipinski definition) is 2. The van der Waals surface area contributed by atoms with E-state index in [0.29, 0.717) is 84.9 Å². The van der Waals surface area contributed by atoms with Crippen LogP contribution in [0.2, 0.25) is 0 Å².